The van der Waals surface area contributed by atoms with Crippen LogP contribution in [0.15, 0.2) is 319 Å². The number of halogens is 4. The number of nitrogens with zero attached hydrogens (tertiary/aromatic N) is 2. The lowest BCUT2D eigenvalue weighted by Crippen LogP contribution is -2.47. The zero-order chi connectivity index (χ0) is 69.5. The minimum absolute atomic E-state index is 0.0183. The van der Waals surface area contributed by atoms with Gasteiger partial charge in [0, 0.05) is 74.6 Å². The first-order valence-electron chi connectivity index (χ1n) is 36.8. The summed E-state index contributed by atoms with van der Waals surface area (Å²) in [6, 6.07) is 52.1. The highest BCUT2D eigenvalue weighted by atomic mass is 32.2. The van der Waals surface area contributed by atoms with Gasteiger partial charge in [-0.05, 0) is 275 Å². The van der Waals surface area contributed by atoms with E-state index >= 15 is 17.6 Å². The van der Waals surface area contributed by atoms with Crippen molar-refractivity contribution >= 4 is 53.1 Å². The Balaban J connectivity index is 0.701. The Labute approximate surface area is 605 Å². The standard InChI is InChI=1S/C94H80F4N2O2S/c1-3-59-13-42-77(43-14-59)101-79-46-22-65(23-47-79)93(63-18-26-67(95)27-19-63)87-11-7-5-9-81(87)83-50-39-75(57-89(83)93)99(71-35-30-69(97)31-36-71)73-34-17-61-55-92-85(54-62(61)53-73)86-56-74(41-52-91(86)103-92)100(72-37-32-70(98)33-38-72)76-40-51-84-82-10-6-8-12-88(82)94(90(84)58-76,64-20-28-68(96)29-21-64)66-24-48-80(49-25-66)102-78-44-15-60(4-2)16-45-78/h3-4,6-8,10-18,20-21,24-30,32-35,37-46,48-57,63,65,76,81-83,85,87-89,92H,1-2,5,9,19,22-23,31,36,47,58H2. The largest absolute Gasteiger partial charge is 0.462 e. The number of anilines is 3. The molecule has 0 aromatic heterocycles. The summed E-state index contributed by atoms with van der Waals surface area (Å²) in [6.07, 6.45) is 53.3. The Bertz CT molecular complexity index is 5100. The van der Waals surface area contributed by atoms with Gasteiger partial charge < -0.3 is 19.3 Å². The van der Waals surface area contributed by atoms with Crippen molar-refractivity contribution in [3.8, 4) is 17.2 Å². The normalized spacial score (nSPS) is 28.6. The lowest BCUT2D eigenvalue weighted by molar-refractivity contribution is 0.0142. The van der Waals surface area contributed by atoms with Gasteiger partial charge in [-0.15, -0.1) is 11.8 Å². The molecule has 18 rings (SSSR count). The number of ether oxygens (including phenoxy) is 2. The molecule has 1 saturated carbocycles. The van der Waals surface area contributed by atoms with Gasteiger partial charge in [-0.2, -0.15) is 0 Å². The van der Waals surface area contributed by atoms with Crippen molar-refractivity contribution in [2.75, 3.05) is 9.80 Å². The molecule has 0 amide bonds. The molecule has 10 aliphatic carbocycles. The number of rotatable bonds is 16. The van der Waals surface area contributed by atoms with E-state index < -0.39 is 5.41 Å². The average Bonchev–Trinajstić information content (AvgIpc) is 1.56. The molecule has 7 aromatic carbocycles. The molecule has 1 heterocycles. The van der Waals surface area contributed by atoms with Crippen LogP contribution in [0.5, 0.6) is 17.2 Å². The zero-order valence-electron chi connectivity index (χ0n) is 57.4. The van der Waals surface area contributed by atoms with E-state index in [2.05, 4.69) is 163 Å². The minimum Gasteiger partial charge on any atom is -0.462 e. The Morgan fingerprint density at radius 3 is 1.97 bits per heavy atom. The van der Waals surface area contributed by atoms with Crippen LogP contribution in [-0.2, 0) is 5.41 Å². The molecule has 9 heteroatoms. The van der Waals surface area contributed by atoms with Crippen molar-refractivity contribution < 1.29 is 27.0 Å². The number of hydrogen-bond acceptors (Lipinski definition) is 5. The SMILES string of the molecule is C=Cc1ccc(OC2=CCC(C3(C4C=CC(F)=CC4)C4C=C(N(C5=CC=C(F)CC5)c5ccc6c(c5)=CC5c7cc(N(c8ccc(F)cc8)C8C=CC9=C(C8)C(c8ccc(F)cc8)(c8ccc(Oc%10ccc(C=C)cc%10)cc8)C8C=CC=CC98)ccc7SC5C=6)C=CC4C4CCC=CC43)CC2)cc1. The maximum atomic E-state index is 15.3. The van der Waals surface area contributed by atoms with E-state index in [4.69, 9.17) is 9.47 Å². The summed E-state index contributed by atoms with van der Waals surface area (Å²) in [5, 5.41) is 2.47. The minimum atomic E-state index is -0.697. The summed E-state index contributed by atoms with van der Waals surface area (Å²) < 4.78 is 74.1. The highest BCUT2D eigenvalue weighted by molar-refractivity contribution is 8.00. The van der Waals surface area contributed by atoms with Gasteiger partial charge in [0.1, 0.15) is 46.3 Å². The summed E-state index contributed by atoms with van der Waals surface area (Å²) in [7, 11) is 0. The quantitative estimate of drug-likeness (QED) is 0.0709. The molecule has 0 bridgehead atoms. The van der Waals surface area contributed by atoms with Gasteiger partial charge in [0.25, 0.3) is 0 Å². The van der Waals surface area contributed by atoms with Crippen molar-refractivity contribution in [2.24, 2.45) is 52.8 Å². The molecule has 11 aliphatic rings. The second kappa shape index (κ2) is 26.6. The Morgan fingerprint density at radius 1 is 0.553 bits per heavy atom. The van der Waals surface area contributed by atoms with Gasteiger partial charge in [-0.3, -0.25) is 0 Å². The second-order valence-corrected chi connectivity index (χ2v) is 30.8. The molecule has 1 fully saturated rings. The summed E-state index contributed by atoms with van der Waals surface area (Å²) in [6.45, 7) is 7.85. The second-order valence-electron chi connectivity index (χ2n) is 29.6. The Hall–Kier alpha value is -10.1. The predicted octanol–water partition coefficient (Wildman–Crippen LogP) is 22.8. The molecular weight excluding hydrogens is 1300 g/mol. The molecule has 0 radical (unpaired) electrons. The van der Waals surface area contributed by atoms with Crippen LogP contribution in [0.25, 0.3) is 24.3 Å². The lowest BCUT2D eigenvalue weighted by Gasteiger charge is -2.52. The average molecular weight is 1380 g/mol. The summed E-state index contributed by atoms with van der Waals surface area (Å²) in [4.78, 5) is 6.03. The first-order chi connectivity index (χ1) is 50.5. The summed E-state index contributed by atoms with van der Waals surface area (Å²) in [5.74, 6) is 4.02. The molecule has 0 N–H and O–H groups in total. The fraction of sp³-hybridized carbons (Fsp3) is 0.234. The van der Waals surface area contributed by atoms with Crippen LogP contribution < -0.4 is 29.7 Å². The van der Waals surface area contributed by atoms with Crippen LogP contribution >= 0.6 is 11.8 Å². The van der Waals surface area contributed by atoms with Gasteiger partial charge in [0.05, 0.1) is 6.04 Å². The van der Waals surface area contributed by atoms with Gasteiger partial charge >= 0.3 is 0 Å². The first kappa shape index (κ1) is 65.0. The van der Waals surface area contributed by atoms with E-state index in [9.17, 15) is 0 Å². The number of allylic oxidation sites excluding steroid dienone is 21. The van der Waals surface area contributed by atoms with Gasteiger partial charge in [-0.25, -0.2) is 17.6 Å². The van der Waals surface area contributed by atoms with Crippen LogP contribution in [0.4, 0.5) is 34.6 Å². The van der Waals surface area contributed by atoms with Crippen LogP contribution in [0.3, 0.4) is 0 Å². The number of benzene rings is 7. The van der Waals surface area contributed by atoms with E-state index in [1.807, 2.05) is 121 Å². The highest BCUT2D eigenvalue weighted by Crippen LogP contribution is 2.70. The Morgan fingerprint density at radius 2 is 1.26 bits per heavy atom. The van der Waals surface area contributed by atoms with E-state index in [1.165, 1.54) is 26.8 Å². The summed E-state index contributed by atoms with van der Waals surface area (Å²) in [5.41, 5.74) is 12.0. The third kappa shape index (κ3) is 11.3. The molecule has 512 valence electrons. The van der Waals surface area contributed by atoms with Crippen molar-refractivity contribution in [3.05, 3.63) is 364 Å². The summed E-state index contributed by atoms with van der Waals surface area (Å²) >= 11 is 1.90. The van der Waals surface area contributed by atoms with Crippen LogP contribution in [0, 0.1) is 64.4 Å². The van der Waals surface area contributed by atoms with Crippen LogP contribution in [-0.4, -0.2) is 11.3 Å². The van der Waals surface area contributed by atoms with Crippen molar-refractivity contribution in [1.82, 2.24) is 0 Å². The monoisotopic (exact) mass is 1380 g/mol. The maximum Gasteiger partial charge on any atom is 0.127 e. The number of hydrogen-bond donors (Lipinski definition) is 0. The number of thioether (sulfide) groups is 1. The molecule has 0 spiro atoms. The molecule has 4 nitrogen and oxygen atoms in total. The zero-order valence-corrected chi connectivity index (χ0v) is 58.2. The van der Waals surface area contributed by atoms with Gasteiger partial charge in [0.15, 0.2) is 0 Å². The fourth-order valence-electron chi connectivity index (χ4n) is 20.1. The lowest BCUT2D eigenvalue weighted by atomic mass is 9.51. The van der Waals surface area contributed by atoms with Gasteiger partial charge in [-0.1, -0.05) is 159 Å². The van der Waals surface area contributed by atoms with E-state index in [0.29, 0.717) is 43.3 Å². The van der Waals surface area contributed by atoms with Crippen molar-refractivity contribution in [3.63, 3.8) is 0 Å². The van der Waals surface area contributed by atoms with E-state index in [-0.39, 0.29) is 81.4 Å². The van der Waals surface area contributed by atoms with Crippen LogP contribution in [0.1, 0.15) is 91.5 Å². The Kier molecular flexibility index (Phi) is 16.8. The first-order valence-corrected chi connectivity index (χ1v) is 37.7. The molecule has 13 atom stereocenters. The molecule has 103 heavy (non-hydrogen) atoms. The molecule has 1 aliphatic heterocycles. The third-order valence-electron chi connectivity index (χ3n) is 24.5. The fourth-order valence-corrected chi connectivity index (χ4v) is 21.5. The molecule has 13 unspecified atom stereocenters. The van der Waals surface area contributed by atoms with E-state index in [0.717, 1.165) is 105 Å². The molecular formula is C94H80F4N2O2S. The maximum absolute atomic E-state index is 15.3. The topological polar surface area (TPSA) is 24.9 Å². The van der Waals surface area contributed by atoms with E-state index in [1.54, 1.807) is 36.4 Å². The molecule has 7 aromatic rings. The highest BCUT2D eigenvalue weighted by Gasteiger charge is 2.64. The van der Waals surface area contributed by atoms with Crippen LogP contribution in [0.2, 0.25) is 0 Å². The predicted molar refractivity (Wildman–Crippen MR) is 412 cm³/mol. The number of fused-ring (bicyclic) bond motifs is 9. The van der Waals surface area contributed by atoms with Crippen molar-refractivity contribution in [1.29, 1.82) is 0 Å². The van der Waals surface area contributed by atoms with Gasteiger partial charge in [0.2, 0.25) is 0 Å². The third-order valence-corrected chi connectivity index (χ3v) is 25.9. The smallest absolute Gasteiger partial charge is 0.127 e. The van der Waals surface area contributed by atoms with Crippen molar-refractivity contribution in [2.45, 2.75) is 85.3 Å². The molecule has 0 saturated heterocycles.